The van der Waals surface area contributed by atoms with Crippen molar-refractivity contribution in [2.45, 2.75) is 42.8 Å². The second-order valence-corrected chi connectivity index (χ2v) is 10.7. The summed E-state index contributed by atoms with van der Waals surface area (Å²) in [6, 6.07) is 11.0. The zero-order valence-corrected chi connectivity index (χ0v) is 19.9. The number of rotatable bonds is 11. The fraction of sp³-hybridized carbons (Fsp3) is 0.417. The van der Waals surface area contributed by atoms with Crippen molar-refractivity contribution in [1.82, 2.24) is 0 Å². The van der Waals surface area contributed by atoms with Gasteiger partial charge >= 0.3 is 5.97 Å². The van der Waals surface area contributed by atoms with Gasteiger partial charge in [0.05, 0.1) is 22.3 Å². The molecular formula is C24H30FN3O5S. The van der Waals surface area contributed by atoms with E-state index in [4.69, 9.17) is 10.8 Å². The van der Waals surface area contributed by atoms with Crippen LogP contribution in [0.25, 0.3) is 0 Å². The number of carboxylic acids is 1. The summed E-state index contributed by atoms with van der Waals surface area (Å²) in [5.41, 5.74) is 7.43. The molecule has 184 valence electrons. The van der Waals surface area contributed by atoms with Gasteiger partial charge in [0, 0.05) is 38.3 Å². The molecule has 8 nitrogen and oxygen atoms in total. The largest absolute Gasteiger partial charge is 0.481 e. The SMILES string of the molecule is CC(CCN(CCN)c1ccccc1F)S(=O)(=O)c1ccc2c(c1)CCN2C(=O)CCC(=O)O. The predicted octanol–water partition coefficient (Wildman–Crippen LogP) is 2.60. The number of hydrogen-bond donors (Lipinski definition) is 2. The molecule has 1 aliphatic rings. The molecule has 0 aliphatic carbocycles. The number of aliphatic carboxylic acids is 1. The highest BCUT2D eigenvalue weighted by atomic mass is 32.2. The molecule has 1 amide bonds. The Labute approximate surface area is 199 Å². The van der Waals surface area contributed by atoms with Gasteiger partial charge < -0.3 is 20.6 Å². The van der Waals surface area contributed by atoms with Crippen LogP contribution in [0.3, 0.4) is 0 Å². The molecule has 2 aromatic rings. The van der Waals surface area contributed by atoms with Gasteiger partial charge in [-0.15, -0.1) is 0 Å². The van der Waals surface area contributed by atoms with Crippen molar-refractivity contribution < 1.29 is 27.5 Å². The number of carbonyl (C=O) groups excluding carboxylic acids is 1. The molecular weight excluding hydrogens is 461 g/mol. The van der Waals surface area contributed by atoms with E-state index in [1.165, 1.54) is 17.0 Å². The molecule has 1 unspecified atom stereocenters. The molecule has 1 atom stereocenters. The molecule has 0 saturated heterocycles. The minimum Gasteiger partial charge on any atom is -0.481 e. The Bertz CT molecular complexity index is 1160. The Hall–Kier alpha value is -2.98. The first-order chi connectivity index (χ1) is 16.1. The van der Waals surface area contributed by atoms with Crippen molar-refractivity contribution in [2.24, 2.45) is 5.73 Å². The molecule has 0 aromatic heterocycles. The lowest BCUT2D eigenvalue weighted by atomic mass is 10.2. The monoisotopic (exact) mass is 491 g/mol. The first-order valence-corrected chi connectivity index (χ1v) is 12.8. The molecule has 0 spiro atoms. The van der Waals surface area contributed by atoms with E-state index in [1.807, 2.05) is 0 Å². The fourth-order valence-electron chi connectivity index (χ4n) is 4.10. The third-order valence-corrected chi connectivity index (χ3v) is 8.26. The second kappa shape index (κ2) is 11.0. The van der Waals surface area contributed by atoms with Gasteiger partial charge in [0.25, 0.3) is 0 Å². The van der Waals surface area contributed by atoms with Gasteiger partial charge in [-0.25, -0.2) is 12.8 Å². The van der Waals surface area contributed by atoms with Crippen LogP contribution in [0.15, 0.2) is 47.4 Å². The van der Waals surface area contributed by atoms with Crippen LogP contribution in [0.1, 0.15) is 31.7 Å². The van der Waals surface area contributed by atoms with Crippen LogP contribution in [0.2, 0.25) is 0 Å². The number of carboxylic acid groups (broad SMARTS) is 1. The van der Waals surface area contributed by atoms with Crippen LogP contribution in [-0.2, 0) is 25.8 Å². The van der Waals surface area contributed by atoms with Gasteiger partial charge in [0.2, 0.25) is 5.91 Å². The summed E-state index contributed by atoms with van der Waals surface area (Å²) in [7, 11) is -3.66. The van der Waals surface area contributed by atoms with E-state index in [-0.39, 0.29) is 35.9 Å². The molecule has 1 heterocycles. The molecule has 3 rings (SSSR count). The molecule has 3 N–H and O–H groups in total. The third-order valence-electron chi connectivity index (χ3n) is 6.06. The van der Waals surface area contributed by atoms with Crippen molar-refractivity contribution >= 4 is 33.1 Å². The van der Waals surface area contributed by atoms with Gasteiger partial charge in [-0.3, -0.25) is 9.59 Å². The van der Waals surface area contributed by atoms with E-state index in [2.05, 4.69) is 0 Å². The van der Waals surface area contributed by atoms with Crippen molar-refractivity contribution in [3.63, 3.8) is 0 Å². The maximum atomic E-state index is 14.2. The Morgan fingerprint density at radius 2 is 1.91 bits per heavy atom. The number of amides is 1. The number of nitrogens with zero attached hydrogens (tertiary/aromatic N) is 2. The van der Waals surface area contributed by atoms with Gasteiger partial charge in [-0.2, -0.15) is 0 Å². The minimum absolute atomic E-state index is 0.104. The number of para-hydroxylation sites is 1. The highest BCUT2D eigenvalue weighted by molar-refractivity contribution is 7.92. The van der Waals surface area contributed by atoms with Crippen LogP contribution < -0.4 is 15.5 Å². The Kier molecular flexibility index (Phi) is 8.27. The highest BCUT2D eigenvalue weighted by Gasteiger charge is 2.29. The molecule has 1 aliphatic heterocycles. The molecule has 2 aromatic carbocycles. The first-order valence-electron chi connectivity index (χ1n) is 11.2. The van der Waals surface area contributed by atoms with Crippen LogP contribution in [0, 0.1) is 5.82 Å². The van der Waals surface area contributed by atoms with Crippen LogP contribution in [0.5, 0.6) is 0 Å². The van der Waals surface area contributed by atoms with Crippen molar-refractivity contribution in [2.75, 3.05) is 36.0 Å². The first kappa shape index (κ1) is 25.6. The van der Waals surface area contributed by atoms with Gasteiger partial charge in [-0.05, 0) is 55.7 Å². The van der Waals surface area contributed by atoms with Crippen LogP contribution in [0.4, 0.5) is 15.8 Å². The topological polar surface area (TPSA) is 121 Å². The summed E-state index contributed by atoms with van der Waals surface area (Å²) in [4.78, 5) is 26.5. The lowest BCUT2D eigenvalue weighted by molar-refractivity contribution is -0.138. The van der Waals surface area contributed by atoms with E-state index in [1.54, 1.807) is 42.2 Å². The minimum atomic E-state index is -3.66. The molecule has 0 fully saturated rings. The summed E-state index contributed by atoms with van der Waals surface area (Å²) in [5.74, 6) is -1.71. The summed E-state index contributed by atoms with van der Waals surface area (Å²) in [5, 5.41) is 8.08. The van der Waals surface area contributed by atoms with E-state index < -0.39 is 21.1 Å². The lowest BCUT2D eigenvalue weighted by Crippen LogP contribution is -2.33. The number of carbonyl (C=O) groups is 2. The maximum Gasteiger partial charge on any atom is 0.303 e. The number of fused-ring (bicyclic) bond motifs is 1. The fourth-order valence-corrected chi connectivity index (χ4v) is 5.55. The standard InChI is InChI=1S/C24H30FN3O5S/c1-17(10-13-27(15-12-26)22-5-3-2-4-20(22)25)34(32,33)19-6-7-21-18(16-19)11-14-28(21)23(29)8-9-24(30)31/h2-7,16-17H,8-15,26H2,1H3,(H,30,31). The number of sulfone groups is 1. The molecule has 0 bridgehead atoms. The van der Waals surface area contributed by atoms with E-state index in [0.717, 1.165) is 5.56 Å². The zero-order chi connectivity index (χ0) is 24.9. The predicted molar refractivity (Wildman–Crippen MR) is 128 cm³/mol. The number of anilines is 2. The van der Waals surface area contributed by atoms with Crippen molar-refractivity contribution in [3.8, 4) is 0 Å². The van der Waals surface area contributed by atoms with E-state index in [9.17, 15) is 22.4 Å². The lowest BCUT2D eigenvalue weighted by Gasteiger charge is -2.26. The summed E-state index contributed by atoms with van der Waals surface area (Å²) < 4.78 is 40.7. The number of nitrogens with two attached hydrogens (primary N) is 1. The van der Waals surface area contributed by atoms with Crippen molar-refractivity contribution in [1.29, 1.82) is 0 Å². The van der Waals surface area contributed by atoms with Crippen molar-refractivity contribution in [3.05, 3.63) is 53.8 Å². The van der Waals surface area contributed by atoms with Gasteiger partial charge in [0.15, 0.2) is 9.84 Å². The van der Waals surface area contributed by atoms with E-state index in [0.29, 0.717) is 44.0 Å². The van der Waals surface area contributed by atoms with Crippen LogP contribution in [-0.4, -0.2) is 56.8 Å². The summed E-state index contributed by atoms with van der Waals surface area (Å²) in [6.45, 7) is 3.06. The third kappa shape index (κ3) is 5.74. The van der Waals surface area contributed by atoms with Crippen LogP contribution >= 0.6 is 0 Å². The zero-order valence-electron chi connectivity index (χ0n) is 19.1. The maximum absolute atomic E-state index is 14.2. The van der Waals surface area contributed by atoms with Gasteiger partial charge in [-0.1, -0.05) is 12.1 Å². The smallest absolute Gasteiger partial charge is 0.303 e. The number of benzene rings is 2. The normalized spacial score (nSPS) is 14.0. The number of halogens is 1. The Morgan fingerprint density at radius 3 is 2.59 bits per heavy atom. The molecule has 34 heavy (non-hydrogen) atoms. The van der Waals surface area contributed by atoms with E-state index >= 15 is 0 Å². The average Bonchev–Trinajstić information content (AvgIpc) is 3.24. The second-order valence-electron chi connectivity index (χ2n) is 8.35. The quantitative estimate of drug-likeness (QED) is 0.496. The molecule has 0 radical (unpaired) electrons. The molecule has 10 heteroatoms. The molecule has 0 saturated carbocycles. The Balaban J connectivity index is 1.71. The van der Waals surface area contributed by atoms with Gasteiger partial charge in [0.1, 0.15) is 5.82 Å². The average molecular weight is 492 g/mol. The summed E-state index contributed by atoms with van der Waals surface area (Å²) in [6.07, 6.45) is 0.437. The Morgan fingerprint density at radius 1 is 1.18 bits per heavy atom. The highest BCUT2D eigenvalue weighted by Crippen LogP contribution is 2.32. The number of hydrogen-bond acceptors (Lipinski definition) is 6. The summed E-state index contributed by atoms with van der Waals surface area (Å²) >= 11 is 0.